The number of hydrogen-bond acceptors (Lipinski definition) is 1. The third-order valence-corrected chi connectivity index (χ3v) is 6.57. The van der Waals surface area contributed by atoms with Gasteiger partial charge < -0.3 is 4.90 Å². The average Bonchev–Trinajstić information content (AvgIpc) is 2.65. The van der Waals surface area contributed by atoms with Gasteiger partial charge in [0, 0.05) is 23.9 Å². The number of nitrogens with zero attached hydrogens (tertiary/aromatic N) is 1. The first kappa shape index (κ1) is 12.0. The van der Waals surface area contributed by atoms with Crippen LogP contribution in [0.4, 0.5) is 0 Å². The van der Waals surface area contributed by atoms with Crippen molar-refractivity contribution in [3.8, 4) is 0 Å². The Morgan fingerprint density at radius 1 is 1.16 bits per heavy atom. The largest absolute Gasteiger partial charge is 0.336 e. The van der Waals surface area contributed by atoms with Crippen molar-refractivity contribution in [3.05, 3.63) is 12.7 Å². The van der Waals surface area contributed by atoms with E-state index >= 15 is 0 Å². The van der Waals surface area contributed by atoms with Crippen LogP contribution >= 0.6 is 0 Å². The van der Waals surface area contributed by atoms with E-state index in [1.807, 2.05) is 6.08 Å². The van der Waals surface area contributed by atoms with Gasteiger partial charge >= 0.3 is 0 Å². The van der Waals surface area contributed by atoms with Crippen LogP contribution in [0.2, 0.25) is 0 Å². The molecule has 0 aromatic heterocycles. The zero-order valence-electron chi connectivity index (χ0n) is 12.0. The molecule has 1 amide bonds. The fourth-order valence-corrected chi connectivity index (χ4v) is 5.99. The molecule has 104 valence electrons. The summed E-state index contributed by atoms with van der Waals surface area (Å²) in [5, 5.41) is 0. The molecule has 0 spiro atoms. The highest BCUT2D eigenvalue weighted by Gasteiger charge is 2.56. The molecule has 0 aromatic rings. The second kappa shape index (κ2) is 3.86. The summed E-state index contributed by atoms with van der Waals surface area (Å²) in [4.78, 5) is 15.0. The summed E-state index contributed by atoms with van der Waals surface area (Å²) in [5.41, 5.74) is 0.248. The smallest absolute Gasteiger partial charge is 0.226 e. The Kier molecular flexibility index (Phi) is 2.44. The predicted octanol–water partition coefficient (Wildman–Crippen LogP) is 3.24. The third kappa shape index (κ3) is 1.58. The SMILES string of the molecule is C=C[C@H]1CN(C23CC4CC(CC(C4)C2)C3)C(=O)[C@@H]1C. The van der Waals surface area contributed by atoms with Crippen LogP contribution in [0.25, 0.3) is 0 Å². The second-order valence-corrected chi connectivity index (χ2v) is 7.78. The van der Waals surface area contributed by atoms with Crippen molar-refractivity contribution in [1.82, 2.24) is 4.90 Å². The Morgan fingerprint density at radius 2 is 1.68 bits per heavy atom. The van der Waals surface area contributed by atoms with Crippen molar-refractivity contribution in [2.24, 2.45) is 29.6 Å². The lowest BCUT2D eigenvalue weighted by atomic mass is 9.52. The van der Waals surface area contributed by atoms with Gasteiger partial charge in [0.15, 0.2) is 0 Å². The minimum Gasteiger partial charge on any atom is -0.336 e. The highest BCUT2D eigenvalue weighted by atomic mass is 16.2. The number of amides is 1. The summed E-state index contributed by atoms with van der Waals surface area (Å²) >= 11 is 0. The summed E-state index contributed by atoms with van der Waals surface area (Å²) in [5.74, 6) is 3.68. The number of hydrogen-bond donors (Lipinski definition) is 0. The molecule has 4 aliphatic carbocycles. The van der Waals surface area contributed by atoms with Crippen molar-refractivity contribution in [1.29, 1.82) is 0 Å². The van der Waals surface area contributed by atoms with Gasteiger partial charge in [0.2, 0.25) is 5.91 Å². The van der Waals surface area contributed by atoms with Crippen LogP contribution in [-0.4, -0.2) is 22.9 Å². The fourth-order valence-electron chi connectivity index (χ4n) is 5.99. The number of carbonyl (C=O) groups excluding carboxylic acids is 1. The van der Waals surface area contributed by atoms with Gasteiger partial charge in [-0.25, -0.2) is 0 Å². The molecule has 5 rings (SSSR count). The zero-order chi connectivity index (χ0) is 13.2. The summed E-state index contributed by atoms with van der Waals surface area (Å²) in [7, 11) is 0. The lowest BCUT2D eigenvalue weighted by Gasteiger charge is -2.60. The molecular weight excluding hydrogens is 234 g/mol. The van der Waals surface area contributed by atoms with Crippen LogP contribution in [0.5, 0.6) is 0 Å². The van der Waals surface area contributed by atoms with E-state index in [4.69, 9.17) is 0 Å². The molecule has 0 unspecified atom stereocenters. The molecule has 0 N–H and O–H groups in total. The monoisotopic (exact) mass is 259 g/mol. The number of carbonyl (C=O) groups is 1. The highest BCUT2D eigenvalue weighted by Crippen LogP contribution is 2.58. The highest BCUT2D eigenvalue weighted by molar-refractivity contribution is 5.82. The second-order valence-electron chi connectivity index (χ2n) is 7.78. The molecule has 4 saturated carbocycles. The maximum absolute atomic E-state index is 12.7. The molecule has 1 aliphatic heterocycles. The standard InChI is InChI=1S/C17H25NO/c1-3-15-10-18(16(19)11(15)2)17-7-12-4-13(8-17)6-14(5-12)9-17/h3,11-15H,1,4-10H2,2H3/t11-,12?,13?,14?,15+,17?/m1/s1. The van der Waals surface area contributed by atoms with Gasteiger partial charge in [-0.05, 0) is 56.3 Å². The van der Waals surface area contributed by atoms with Crippen molar-refractivity contribution in [2.45, 2.75) is 51.0 Å². The Morgan fingerprint density at radius 3 is 2.11 bits per heavy atom. The molecule has 2 heteroatoms. The van der Waals surface area contributed by atoms with E-state index in [-0.39, 0.29) is 11.5 Å². The maximum atomic E-state index is 12.7. The molecular formula is C17H25NO. The molecule has 2 nitrogen and oxygen atoms in total. The number of likely N-dealkylation sites (tertiary alicyclic amines) is 1. The van der Waals surface area contributed by atoms with Crippen LogP contribution in [0.1, 0.15) is 45.4 Å². The summed E-state index contributed by atoms with van der Waals surface area (Å²) in [6.45, 7) is 6.96. The molecule has 0 aromatic carbocycles. The molecule has 5 fully saturated rings. The van der Waals surface area contributed by atoms with E-state index in [9.17, 15) is 4.79 Å². The van der Waals surface area contributed by atoms with Crippen molar-refractivity contribution < 1.29 is 4.79 Å². The van der Waals surface area contributed by atoms with Crippen LogP contribution in [0, 0.1) is 29.6 Å². The van der Waals surface area contributed by atoms with E-state index in [2.05, 4.69) is 18.4 Å². The zero-order valence-corrected chi connectivity index (χ0v) is 12.0. The van der Waals surface area contributed by atoms with Crippen LogP contribution in [0.15, 0.2) is 12.7 Å². The van der Waals surface area contributed by atoms with Crippen molar-refractivity contribution >= 4 is 5.91 Å². The molecule has 1 heterocycles. The van der Waals surface area contributed by atoms with E-state index in [1.165, 1.54) is 38.5 Å². The molecule has 2 atom stereocenters. The summed E-state index contributed by atoms with van der Waals surface area (Å²) < 4.78 is 0. The van der Waals surface area contributed by atoms with Crippen molar-refractivity contribution in [3.63, 3.8) is 0 Å². The average molecular weight is 259 g/mol. The molecule has 1 saturated heterocycles. The summed E-state index contributed by atoms with van der Waals surface area (Å²) in [6.07, 6.45) is 10.2. The minimum absolute atomic E-state index is 0.158. The van der Waals surface area contributed by atoms with Gasteiger partial charge in [-0.3, -0.25) is 4.79 Å². The quantitative estimate of drug-likeness (QED) is 0.697. The van der Waals surface area contributed by atoms with Gasteiger partial charge in [-0.2, -0.15) is 0 Å². The lowest BCUT2D eigenvalue weighted by molar-refractivity contribution is -0.147. The van der Waals surface area contributed by atoms with Gasteiger partial charge in [0.05, 0.1) is 0 Å². The summed E-state index contributed by atoms with van der Waals surface area (Å²) in [6, 6.07) is 0. The van der Waals surface area contributed by atoms with Crippen molar-refractivity contribution in [2.75, 3.05) is 6.54 Å². The lowest BCUT2D eigenvalue weighted by Crippen LogP contribution is -2.60. The fraction of sp³-hybridized carbons (Fsp3) is 0.824. The van der Waals surface area contributed by atoms with Gasteiger partial charge in [0.1, 0.15) is 0 Å². The van der Waals surface area contributed by atoms with Crippen LogP contribution in [-0.2, 0) is 4.79 Å². The molecule has 19 heavy (non-hydrogen) atoms. The van der Waals surface area contributed by atoms with Crippen LogP contribution in [0.3, 0.4) is 0 Å². The van der Waals surface area contributed by atoms with E-state index in [0.29, 0.717) is 11.8 Å². The minimum atomic E-state index is 0.158. The van der Waals surface area contributed by atoms with E-state index in [0.717, 1.165) is 24.3 Å². The number of rotatable bonds is 2. The Balaban J connectivity index is 1.65. The predicted molar refractivity (Wildman–Crippen MR) is 75.5 cm³/mol. The maximum Gasteiger partial charge on any atom is 0.226 e. The topological polar surface area (TPSA) is 20.3 Å². The Labute approximate surface area is 116 Å². The third-order valence-electron chi connectivity index (χ3n) is 6.57. The van der Waals surface area contributed by atoms with E-state index < -0.39 is 0 Å². The van der Waals surface area contributed by atoms with Gasteiger partial charge in [-0.15, -0.1) is 6.58 Å². The Bertz CT molecular complexity index is 392. The molecule has 4 bridgehead atoms. The van der Waals surface area contributed by atoms with Crippen LogP contribution < -0.4 is 0 Å². The molecule has 5 aliphatic rings. The van der Waals surface area contributed by atoms with E-state index in [1.54, 1.807) is 0 Å². The van der Waals surface area contributed by atoms with Gasteiger partial charge in [-0.1, -0.05) is 13.0 Å². The first-order chi connectivity index (χ1) is 9.11. The first-order valence-corrected chi connectivity index (χ1v) is 8.05. The first-order valence-electron chi connectivity index (χ1n) is 8.05. The Hall–Kier alpha value is -0.790. The normalized spacial score (nSPS) is 51.9. The molecule has 0 radical (unpaired) electrons. The van der Waals surface area contributed by atoms with Gasteiger partial charge in [0.25, 0.3) is 0 Å².